The van der Waals surface area contributed by atoms with Crippen LogP contribution in [0.1, 0.15) is 58.2 Å². The van der Waals surface area contributed by atoms with Crippen molar-refractivity contribution in [3.8, 4) is 22.3 Å². The van der Waals surface area contributed by atoms with Gasteiger partial charge in [0.1, 0.15) is 5.58 Å². The molecule has 0 bridgehead atoms. The Bertz CT molecular complexity index is 2810. The number of hydrogen-bond acceptors (Lipinski definition) is 3. The first kappa shape index (κ1) is 35.2. The van der Waals surface area contributed by atoms with Crippen molar-refractivity contribution in [1.29, 1.82) is 0 Å². The van der Waals surface area contributed by atoms with E-state index in [9.17, 15) is 0 Å². The van der Waals surface area contributed by atoms with Crippen molar-refractivity contribution in [2.45, 2.75) is 59.3 Å². The highest BCUT2D eigenvalue weighted by molar-refractivity contribution is 7.00. The Labute approximate surface area is 337 Å². The normalized spacial score (nSPS) is 13.4. The van der Waals surface area contributed by atoms with Crippen LogP contribution in [0.2, 0.25) is 0 Å². The Morgan fingerprint density at radius 3 is 1.63 bits per heavy atom. The van der Waals surface area contributed by atoms with Crippen molar-refractivity contribution in [1.82, 2.24) is 0 Å². The van der Waals surface area contributed by atoms with E-state index in [1.54, 1.807) is 0 Å². The number of fused-ring (bicyclic) bond motifs is 6. The largest absolute Gasteiger partial charge is 0.468 e. The molecule has 0 fully saturated rings. The topological polar surface area (TPSA) is 19.6 Å². The third kappa shape index (κ3) is 5.81. The van der Waals surface area contributed by atoms with Gasteiger partial charge in [0.15, 0.2) is 0 Å². The molecule has 7 aromatic carbocycles. The van der Waals surface area contributed by atoms with Gasteiger partial charge in [-0.2, -0.15) is 0 Å². The van der Waals surface area contributed by atoms with E-state index in [-0.39, 0.29) is 17.5 Å². The van der Waals surface area contributed by atoms with Crippen LogP contribution in [-0.2, 0) is 10.8 Å². The van der Waals surface area contributed by atoms with Gasteiger partial charge >= 0.3 is 0 Å². The van der Waals surface area contributed by atoms with Gasteiger partial charge in [0, 0.05) is 33.8 Å². The van der Waals surface area contributed by atoms with Gasteiger partial charge in [-0.05, 0) is 122 Å². The van der Waals surface area contributed by atoms with Gasteiger partial charge in [-0.15, -0.1) is 0 Å². The van der Waals surface area contributed by atoms with Crippen LogP contribution in [0.4, 0.5) is 34.1 Å². The number of rotatable bonds is 4. The summed E-state index contributed by atoms with van der Waals surface area (Å²) >= 11 is 0. The molecule has 3 heterocycles. The lowest BCUT2D eigenvalue weighted by Gasteiger charge is -2.43. The summed E-state index contributed by atoms with van der Waals surface area (Å²) in [4.78, 5) is 4.97. The van der Waals surface area contributed by atoms with E-state index in [1.807, 2.05) is 0 Å². The highest BCUT2D eigenvalue weighted by Gasteiger charge is 2.47. The van der Waals surface area contributed by atoms with Crippen LogP contribution < -0.4 is 26.4 Å². The van der Waals surface area contributed by atoms with Crippen molar-refractivity contribution < 1.29 is 4.42 Å². The molecule has 2 aliphatic heterocycles. The minimum atomic E-state index is -0.125. The maximum Gasteiger partial charge on any atom is 0.297 e. The highest BCUT2D eigenvalue weighted by Crippen LogP contribution is 2.48. The van der Waals surface area contributed by atoms with Crippen LogP contribution >= 0.6 is 0 Å². The first-order valence-electron chi connectivity index (χ1n) is 20.2. The van der Waals surface area contributed by atoms with E-state index in [4.69, 9.17) is 4.42 Å². The average Bonchev–Trinajstić information content (AvgIpc) is 3.59. The van der Waals surface area contributed by atoms with Crippen LogP contribution in [0.3, 0.4) is 0 Å². The molecule has 0 radical (unpaired) electrons. The monoisotopic (exact) mass is 738 g/mol. The van der Waals surface area contributed by atoms with E-state index < -0.39 is 0 Å². The van der Waals surface area contributed by atoms with Gasteiger partial charge in [0.2, 0.25) is 0 Å². The highest BCUT2D eigenvalue weighted by atomic mass is 16.3. The average molecular weight is 739 g/mol. The van der Waals surface area contributed by atoms with E-state index in [0.717, 1.165) is 33.7 Å². The minimum Gasteiger partial charge on any atom is -0.468 e. The molecule has 3 nitrogen and oxygen atoms in total. The third-order valence-corrected chi connectivity index (χ3v) is 12.0. The van der Waals surface area contributed by atoms with Gasteiger partial charge in [0.05, 0.1) is 11.3 Å². The molecule has 0 saturated carbocycles. The molecule has 0 unspecified atom stereocenters. The fourth-order valence-corrected chi connectivity index (χ4v) is 8.99. The zero-order valence-corrected chi connectivity index (χ0v) is 33.9. The maximum absolute atomic E-state index is 7.22. The van der Waals surface area contributed by atoms with Crippen molar-refractivity contribution in [3.05, 3.63) is 174 Å². The minimum absolute atomic E-state index is 0.0214. The van der Waals surface area contributed by atoms with Crippen molar-refractivity contribution in [2.24, 2.45) is 0 Å². The number of benzene rings is 7. The van der Waals surface area contributed by atoms with E-state index in [2.05, 4.69) is 216 Å². The van der Waals surface area contributed by atoms with Gasteiger partial charge in [-0.1, -0.05) is 145 Å². The standard InChI is InChI=1S/C53H47BN2O/c1-34-30-46-49-47(31-34)56(42-26-21-39(22-27-42)52(2,3)4)50-43-33-40(53(5,6)7)23-29-48(43)57-51(50)54(49)44-32-38(36-16-12-9-13-17-36)20-28-45(44)55(46)41-24-18-37(19-25-41)35-14-10-8-11-15-35/h8-33H,1-7H3. The first-order valence-corrected chi connectivity index (χ1v) is 20.2. The molecular formula is C53H47BN2O. The molecule has 0 amide bonds. The lowest BCUT2D eigenvalue weighted by molar-refractivity contribution is 0.590. The predicted molar refractivity (Wildman–Crippen MR) is 243 cm³/mol. The summed E-state index contributed by atoms with van der Waals surface area (Å²) in [7, 11) is 0. The summed E-state index contributed by atoms with van der Waals surface area (Å²) in [6.07, 6.45) is 0. The zero-order valence-electron chi connectivity index (χ0n) is 33.9. The molecule has 10 rings (SSSR count). The molecule has 0 saturated heterocycles. The third-order valence-electron chi connectivity index (χ3n) is 12.0. The Kier molecular flexibility index (Phi) is 7.96. The molecule has 4 heteroatoms. The number of furan rings is 1. The number of aryl methyl sites for hydroxylation is 1. The summed E-state index contributed by atoms with van der Waals surface area (Å²) in [5.74, 6) is 0. The van der Waals surface area contributed by atoms with Gasteiger partial charge in [-0.3, -0.25) is 0 Å². The van der Waals surface area contributed by atoms with Gasteiger partial charge in [0.25, 0.3) is 6.71 Å². The maximum atomic E-state index is 7.22. The Balaban J connectivity index is 1.27. The van der Waals surface area contributed by atoms with Crippen LogP contribution in [0.25, 0.3) is 33.2 Å². The zero-order chi connectivity index (χ0) is 39.2. The van der Waals surface area contributed by atoms with Crippen LogP contribution in [-0.4, -0.2) is 6.71 Å². The van der Waals surface area contributed by atoms with Crippen molar-refractivity contribution in [2.75, 3.05) is 9.80 Å². The number of anilines is 6. The van der Waals surface area contributed by atoms with E-state index in [1.165, 1.54) is 66.9 Å². The summed E-state index contributed by atoms with van der Waals surface area (Å²) in [6, 6.07) is 58.2. The number of hydrogen-bond donors (Lipinski definition) is 0. The molecule has 0 N–H and O–H groups in total. The summed E-state index contributed by atoms with van der Waals surface area (Å²) in [6.45, 7) is 15.8. The SMILES string of the molecule is Cc1cc2c3c(c1)N(c1ccc(C(C)(C)C)cc1)c1c(oc4ccc(C(C)(C)C)cc14)B3c1cc(-c3ccccc3)ccc1N2c1ccc(-c2ccccc2)cc1. The molecule has 2 aliphatic rings. The quantitative estimate of drug-likeness (QED) is 0.168. The smallest absolute Gasteiger partial charge is 0.297 e. The van der Waals surface area contributed by atoms with Gasteiger partial charge < -0.3 is 14.2 Å². The Morgan fingerprint density at radius 1 is 0.474 bits per heavy atom. The second kappa shape index (κ2) is 12.9. The fourth-order valence-electron chi connectivity index (χ4n) is 8.99. The molecule has 0 aliphatic carbocycles. The first-order chi connectivity index (χ1) is 27.4. The Hall–Kier alpha value is -6.26. The van der Waals surface area contributed by atoms with Crippen molar-refractivity contribution >= 4 is 68.4 Å². The van der Waals surface area contributed by atoms with E-state index in [0.29, 0.717) is 0 Å². The molecule has 1 aromatic heterocycles. The molecule has 8 aromatic rings. The number of nitrogens with zero attached hydrogens (tertiary/aromatic N) is 2. The molecule has 0 spiro atoms. The Morgan fingerprint density at radius 2 is 1.00 bits per heavy atom. The van der Waals surface area contributed by atoms with Crippen molar-refractivity contribution in [3.63, 3.8) is 0 Å². The molecule has 278 valence electrons. The second-order valence-electron chi connectivity index (χ2n) is 17.9. The predicted octanol–water partition coefficient (Wildman–Crippen LogP) is 12.8. The lowest BCUT2D eigenvalue weighted by Crippen LogP contribution is -2.61. The van der Waals surface area contributed by atoms with Gasteiger partial charge in [-0.25, -0.2) is 0 Å². The van der Waals surface area contributed by atoms with Crippen LogP contribution in [0.15, 0.2) is 162 Å². The second-order valence-corrected chi connectivity index (χ2v) is 17.9. The van der Waals surface area contributed by atoms with Crippen LogP contribution in [0, 0.1) is 6.92 Å². The van der Waals surface area contributed by atoms with Crippen LogP contribution in [0.5, 0.6) is 0 Å². The van der Waals surface area contributed by atoms with E-state index >= 15 is 0 Å². The molecular weight excluding hydrogens is 691 g/mol. The lowest BCUT2D eigenvalue weighted by atomic mass is 9.35. The molecule has 0 atom stereocenters. The summed E-state index contributed by atoms with van der Waals surface area (Å²) in [5, 5.41) is 1.14. The fraction of sp³-hybridized carbons (Fsp3) is 0.170. The summed E-state index contributed by atoms with van der Waals surface area (Å²) < 4.78 is 7.22. The summed E-state index contributed by atoms with van der Waals surface area (Å²) in [5.41, 5.74) is 19.9. The molecule has 57 heavy (non-hydrogen) atoms.